The largest absolute Gasteiger partial charge is 0.469 e. The van der Waals surface area contributed by atoms with Crippen molar-refractivity contribution in [2.45, 2.75) is 51.0 Å². The minimum atomic E-state index is -0.258. The Bertz CT molecular complexity index is 446. The van der Waals surface area contributed by atoms with Crippen LogP contribution in [0.15, 0.2) is 5.38 Å². The zero-order valence-electron chi connectivity index (χ0n) is 11.6. The highest BCUT2D eigenvalue weighted by Gasteiger charge is 2.35. The second-order valence-electron chi connectivity index (χ2n) is 5.58. The van der Waals surface area contributed by atoms with Gasteiger partial charge >= 0.3 is 5.97 Å². The summed E-state index contributed by atoms with van der Waals surface area (Å²) in [5.41, 5.74) is 7.22. The third kappa shape index (κ3) is 3.54. The standard InChI is InChI=1S/C14H22N2O2S/c1-10-4-3-7-14(15,8-10)13-16-11(9-19-13)5-6-12(17)18-2/h9-10H,3-8,15H2,1-2H3. The van der Waals surface area contributed by atoms with Crippen LogP contribution < -0.4 is 5.73 Å². The molecule has 0 saturated heterocycles. The molecule has 0 bridgehead atoms. The Balaban J connectivity index is 2.01. The van der Waals surface area contributed by atoms with E-state index in [0.717, 1.165) is 23.5 Å². The summed E-state index contributed by atoms with van der Waals surface area (Å²) in [5.74, 6) is 0.476. The van der Waals surface area contributed by atoms with Crippen LogP contribution in [0.3, 0.4) is 0 Å². The fourth-order valence-electron chi connectivity index (χ4n) is 2.77. The smallest absolute Gasteiger partial charge is 0.305 e. The maximum Gasteiger partial charge on any atom is 0.305 e. The van der Waals surface area contributed by atoms with E-state index in [1.165, 1.54) is 20.0 Å². The molecule has 0 spiro atoms. The Hall–Kier alpha value is -0.940. The lowest BCUT2D eigenvalue weighted by Gasteiger charge is -2.35. The summed E-state index contributed by atoms with van der Waals surface area (Å²) in [6.45, 7) is 2.26. The number of aryl methyl sites for hydroxylation is 1. The molecule has 2 rings (SSSR count). The van der Waals surface area contributed by atoms with E-state index in [1.807, 2.05) is 5.38 Å². The highest BCUT2D eigenvalue weighted by molar-refractivity contribution is 7.09. The van der Waals surface area contributed by atoms with Gasteiger partial charge in [0.25, 0.3) is 0 Å². The highest BCUT2D eigenvalue weighted by Crippen LogP contribution is 2.39. The van der Waals surface area contributed by atoms with Crippen molar-refractivity contribution < 1.29 is 9.53 Å². The molecule has 0 aromatic carbocycles. The van der Waals surface area contributed by atoms with Gasteiger partial charge in [-0.1, -0.05) is 19.8 Å². The van der Waals surface area contributed by atoms with Gasteiger partial charge in [-0.3, -0.25) is 4.79 Å². The normalized spacial score (nSPS) is 27.2. The molecule has 0 radical (unpaired) electrons. The van der Waals surface area contributed by atoms with Crippen molar-refractivity contribution in [3.8, 4) is 0 Å². The molecule has 1 heterocycles. The molecule has 19 heavy (non-hydrogen) atoms. The van der Waals surface area contributed by atoms with Gasteiger partial charge in [0.05, 0.1) is 24.8 Å². The molecule has 1 fully saturated rings. The van der Waals surface area contributed by atoms with Gasteiger partial charge in [0.15, 0.2) is 0 Å². The van der Waals surface area contributed by atoms with Gasteiger partial charge in [0, 0.05) is 11.8 Å². The number of esters is 1. The van der Waals surface area contributed by atoms with Crippen molar-refractivity contribution in [2.24, 2.45) is 11.7 Å². The Morgan fingerprint density at radius 1 is 1.68 bits per heavy atom. The number of rotatable bonds is 4. The maximum absolute atomic E-state index is 11.1. The van der Waals surface area contributed by atoms with Gasteiger partial charge in [-0.2, -0.15) is 0 Å². The molecular formula is C14H22N2O2S. The summed E-state index contributed by atoms with van der Waals surface area (Å²) in [7, 11) is 1.41. The van der Waals surface area contributed by atoms with Gasteiger partial charge in [-0.15, -0.1) is 11.3 Å². The molecule has 5 heteroatoms. The fraction of sp³-hybridized carbons (Fsp3) is 0.714. The average Bonchev–Trinajstić information content (AvgIpc) is 2.85. The van der Waals surface area contributed by atoms with Crippen LogP contribution >= 0.6 is 11.3 Å². The number of methoxy groups -OCH3 is 1. The van der Waals surface area contributed by atoms with Crippen LogP contribution in [-0.4, -0.2) is 18.1 Å². The summed E-state index contributed by atoms with van der Waals surface area (Å²) in [4.78, 5) is 15.8. The number of ether oxygens (including phenoxy) is 1. The van der Waals surface area contributed by atoms with Crippen LogP contribution in [0.5, 0.6) is 0 Å². The first-order valence-corrected chi connectivity index (χ1v) is 7.72. The van der Waals surface area contributed by atoms with E-state index in [-0.39, 0.29) is 11.5 Å². The van der Waals surface area contributed by atoms with Gasteiger partial charge in [0.2, 0.25) is 0 Å². The van der Waals surface area contributed by atoms with Crippen molar-refractivity contribution in [1.82, 2.24) is 4.98 Å². The maximum atomic E-state index is 11.1. The first kappa shape index (κ1) is 14.5. The molecule has 1 aromatic heterocycles. The summed E-state index contributed by atoms with van der Waals surface area (Å²) < 4.78 is 4.64. The lowest BCUT2D eigenvalue weighted by atomic mass is 9.77. The molecule has 2 unspecified atom stereocenters. The summed E-state index contributed by atoms with van der Waals surface area (Å²) in [6.07, 6.45) is 5.48. The molecule has 0 amide bonds. The lowest BCUT2D eigenvalue weighted by molar-refractivity contribution is -0.140. The van der Waals surface area contributed by atoms with Gasteiger partial charge in [-0.25, -0.2) is 4.98 Å². The molecule has 106 valence electrons. The predicted molar refractivity (Wildman–Crippen MR) is 75.9 cm³/mol. The number of hydrogen-bond acceptors (Lipinski definition) is 5. The Labute approximate surface area is 118 Å². The third-order valence-electron chi connectivity index (χ3n) is 3.82. The number of nitrogens with zero attached hydrogens (tertiary/aromatic N) is 1. The number of thiazole rings is 1. The van der Waals surface area contributed by atoms with Crippen LogP contribution in [-0.2, 0) is 21.5 Å². The molecule has 2 atom stereocenters. The van der Waals surface area contributed by atoms with E-state index in [0.29, 0.717) is 18.8 Å². The fourth-order valence-corrected chi connectivity index (χ4v) is 3.78. The van der Waals surface area contributed by atoms with E-state index in [1.54, 1.807) is 11.3 Å². The van der Waals surface area contributed by atoms with Crippen molar-refractivity contribution in [1.29, 1.82) is 0 Å². The van der Waals surface area contributed by atoms with E-state index in [4.69, 9.17) is 5.73 Å². The second kappa shape index (κ2) is 6.01. The van der Waals surface area contributed by atoms with Crippen LogP contribution in [0.4, 0.5) is 0 Å². The molecule has 1 saturated carbocycles. The predicted octanol–water partition coefficient (Wildman–Crippen LogP) is 2.61. The van der Waals surface area contributed by atoms with Crippen molar-refractivity contribution in [3.63, 3.8) is 0 Å². The Morgan fingerprint density at radius 3 is 3.16 bits per heavy atom. The highest BCUT2D eigenvalue weighted by atomic mass is 32.1. The molecule has 1 aliphatic carbocycles. The summed E-state index contributed by atoms with van der Waals surface area (Å²) in [5, 5.41) is 3.05. The van der Waals surface area contributed by atoms with Crippen LogP contribution in [0.25, 0.3) is 0 Å². The monoisotopic (exact) mass is 282 g/mol. The van der Waals surface area contributed by atoms with E-state index in [2.05, 4.69) is 16.6 Å². The van der Waals surface area contributed by atoms with E-state index >= 15 is 0 Å². The van der Waals surface area contributed by atoms with Crippen molar-refractivity contribution >= 4 is 17.3 Å². The first-order valence-electron chi connectivity index (χ1n) is 6.84. The summed E-state index contributed by atoms with van der Waals surface area (Å²) in [6, 6.07) is 0. The quantitative estimate of drug-likeness (QED) is 0.862. The third-order valence-corrected chi connectivity index (χ3v) is 4.93. The van der Waals surface area contributed by atoms with Crippen LogP contribution in [0.1, 0.15) is 49.7 Å². The zero-order chi connectivity index (χ0) is 13.9. The SMILES string of the molecule is COC(=O)CCc1csc(C2(N)CCCC(C)C2)n1. The Kier molecular flexibility index (Phi) is 4.58. The molecule has 2 N–H and O–H groups in total. The number of carbonyl (C=O) groups is 1. The number of nitrogens with two attached hydrogens (primary N) is 1. The van der Waals surface area contributed by atoms with Crippen molar-refractivity contribution in [2.75, 3.05) is 7.11 Å². The van der Waals surface area contributed by atoms with Gasteiger partial charge in [0.1, 0.15) is 5.01 Å². The van der Waals surface area contributed by atoms with E-state index < -0.39 is 0 Å². The first-order chi connectivity index (χ1) is 9.03. The molecule has 1 aliphatic rings. The number of carbonyl (C=O) groups excluding carboxylic acids is 1. The summed E-state index contributed by atoms with van der Waals surface area (Å²) >= 11 is 1.63. The lowest BCUT2D eigenvalue weighted by Crippen LogP contribution is -2.40. The zero-order valence-corrected chi connectivity index (χ0v) is 12.5. The molecule has 0 aliphatic heterocycles. The topological polar surface area (TPSA) is 65.2 Å². The average molecular weight is 282 g/mol. The molecular weight excluding hydrogens is 260 g/mol. The van der Waals surface area contributed by atoms with Gasteiger partial charge in [-0.05, 0) is 18.8 Å². The van der Waals surface area contributed by atoms with Crippen LogP contribution in [0, 0.1) is 5.92 Å². The minimum absolute atomic E-state index is 0.191. The minimum Gasteiger partial charge on any atom is -0.469 e. The van der Waals surface area contributed by atoms with Crippen LogP contribution in [0.2, 0.25) is 0 Å². The number of aromatic nitrogens is 1. The molecule has 1 aromatic rings. The van der Waals surface area contributed by atoms with Gasteiger partial charge < -0.3 is 10.5 Å². The number of hydrogen-bond donors (Lipinski definition) is 1. The van der Waals surface area contributed by atoms with Crippen molar-refractivity contribution in [3.05, 3.63) is 16.1 Å². The second-order valence-corrected chi connectivity index (χ2v) is 6.44. The molecule has 4 nitrogen and oxygen atoms in total. The Morgan fingerprint density at radius 2 is 2.47 bits per heavy atom. The van der Waals surface area contributed by atoms with E-state index in [9.17, 15) is 4.79 Å².